The smallest absolute Gasteiger partial charge is 0.306 e. The van der Waals surface area contributed by atoms with Crippen molar-refractivity contribution in [1.82, 2.24) is 0 Å². The van der Waals surface area contributed by atoms with Gasteiger partial charge in [0.05, 0.1) is 12.0 Å². The number of allylic oxidation sites excluding steroid dienone is 4. The standard InChI is InChI=1S/C25H32ClFO5/c1-5-21(31)32-25(20(30)13-26)14(2)10-18-17-7-6-15-11-16(28)8-9-22(15,3)24(17,27)19(29)12-23(18,25)4/h8-9,11,14,17-19,29H,5-7,10,12-13H2,1-4H3/t14?,17-,18-,19?,22-,23-,24-,25-/m0/s1. The number of carbonyl (C=O) groups is 3. The van der Waals surface area contributed by atoms with Gasteiger partial charge >= 0.3 is 5.97 Å². The molecule has 0 aromatic heterocycles. The zero-order chi connectivity index (χ0) is 23.7. The highest BCUT2D eigenvalue weighted by Crippen LogP contribution is 2.71. The van der Waals surface area contributed by atoms with Crippen molar-refractivity contribution in [3.8, 4) is 0 Å². The molecule has 3 fully saturated rings. The summed E-state index contributed by atoms with van der Waals surface area (Å²) in [7, 11) is 0. The summed E-state index contributed by atoms with van der Waals surface area (Å²) in [5.74, 6) is -2.57. The summed E-state index contributed by atoms with van der Waals surface area (Å²) in [5.41, 5.74) is -4.83. The minimum Gasteiger partial charge on any atom is -0.450 e. The van der Waals surface area contributed by atoms with Crippen LogP contribution in [0.15, 0.2) is 23.8 Å². The lowest BCUT2D eigenvalue weighted by Gasteiger charge is -2.62. The molecule has 4 rings (SSSR count). The topological polar surface area (TPSA) is 80.7 Å². The van der Waals surface area contributed by atoms with E-state index in [1.807, 2.05) is 13.8 Å². The molecule has 4 aliphatic rings. The van der Waals surface area contributed by atoms with E-state index in [-0.39, 0.29) is 42.1 Å². The van der Waals surface area contributed by atoms with E-state index >= 15 is 4.39 Å². The van der Waals surface area contributed by atoms with Crippen molar-refractivity contribution in [2.45, 2.75) is 77.2 Å². The minimum absolute atomic E-state index is 0.0285. The van der Waals surface area contributed by atoms with E-state index in [0.29, 0.717) is 24.8 Å². The number of halogens is 2. The zero-order valence-electron chi connectivity index (χ0n) is 19.1. The Hall–Kier alpha value is -1.53. The van der Waals surface area contributed by atoms with E-state index < -0.39 is 40.1 Å². The van der Waals surface area contributed by atoms with Crippen LogP contribution in [0.3, 0.4) is 0 Å². The summed E-state index contributed by atoms with van der Waals surface area (Å²) in [4.78, 5) is 37.7. The number of fused-ring (bicyclic) bond motifs is 5. The van der Waals surface area contributed by atoms with Crippen molar-refractivity contribution in [2.75, 3.05) is 5.88 Å². The molecule has 0 spiro atoms. The third kappa shape index (κ3) is 2.68. The Labute approximate surface area is 193 Å². The number of hydrogen-bond acceptors (Lipinski definition) is 5. The molecule has 0 aromatic rings. The van der Waals surface area contributed by atoms with E-state index in [0.717, 1.165) is 0 Å². The Morgan fingerprint density at radius 2 is 2.00 bits per heavy atom. The molecule has 7 heteroatoms. The van der Waals surface area contributed by atoms with E-state index in [9.17, 15) is 19.5 Å². The van der Waals surface area contributed by atoms with Crippen LogP contribution in [0.25, 0.3) is 0 Å². The van der Waals surface area contributed by atoms with Crippen molar-refractivity contribution in [1.29, 1.82) is 0 Å². The molecule has 3 saturated carbocycles. The van der Waals surface area contributed by atoms with Crippen molar-refractivity contribution < 1.29 is 28.6 Å². The van der Waals surface area contributed by atoms with Gasteiger partial charge in [0, 0.05) is 29.1 Å². The van der Waals surface area contributed by atoms with Gasteiger partial charge in [0.2, 0.25) is 0 Å². The quantitative estimate of drug-likeness (QED) is 0.498. The third-order valence-electron chi connectivity index (χ3n) is 9.28. The van der Waals surface area contributed by atoms with Gasteiger partial charge in [-0.05, 0) is 50.7 Å². The fourth-order valence-electron chi connectivity index (χ4n) is 7.75. The highest BCUT2D eigenvalue weighted by atomic mass is 35.5. The number of rotatable bonds is 4. The van der Waals surface area contributed by atoms with Crippen LogP contribution in [0.1, 0.15) is 59.8 Å². The Morgan fingerprint density at radius 1 is 1.31 bits per heavy atom. The summed E-state index contributed by atoms with van der Waals surface area (Å²) in [6.45, 7) is 7.13. The van der Waals surface area contributed by atoms with Crippen LogP contribution in [-0.2, 0) is 19.1 Å². The summed E-state index contributed by atoms with van der Waals surface area (Å²) >= 11 is 6.01. The molecule has 176 valence electrons. The van der Waals surface area contributed by atoms with Crippen LogP contribution < -0.4 is 0 Å². The second kappa shape index (κ2) is 7.49. The molecule has 0 amide bonds. The molecular formula is C25H32ClFO5. The molecule has 5 nitrogen and oxygen atoms in total. The van der Waals surface area contributed by atoms with Gasteiger partial charge in [-0.2, -0.15) is 0 Å². The fourth-order valence-corrected chi connectivity index (χ4v) is 7.95. The van der Waals surface area contributed by atoms with Gasteiger partial charge in [0.25, 0.3) is 0 Å². The molecule has 0 saturated heterocycles. The molecular weight excluding hydrogens is 435 g/mol. The maximum atomic E-state index is 17.2. The minimum atomic E-state index is -1.99. The summed E-state index contributed by atoms with van der Waals surface area (Å²) < 4.78 is 23.1. The molecule has 0 radical (unpaired) electrons. The average Bonchev–Trinajstić information content (AvgIpc) is 2.96. The van der Waals surface area contributed by atoms with Crippen molar-refractivity contribution in [2.24, 2.45) is 28.6 Å². The van der Waals surface area contributed by atoms with Gasteiger partial charge in [-0.1, -0.05) is 32.4 Å². The molecule has 0 aromatic carbocycles. The molecule has 2 unspecified atom stereocenters. The zero-order valence-corrected chi connectivity index (χ0v) is 19.9. The number of ketones is 2. The van der Waals surface area contributed by atoms with Gasteiger partial charge in [-0.15, -0.1) is 11.6 Å². The monoisotopic (exact) mass is 466 g/mol. The maximum Gasteiger partial charge on any atom is 0.306 e. The van der Waals surface area contributed by atoms with E-state index in [1.54, 1.807) is 19.9 Å². The van der Waals surface area contributed by atoms with Gasteiger partial charge < -0.3 is 9.84 Å². The predicted octanol–water partition coefficient (Wildman–Crippen LogP) is 4.10. The molecule has 32 heavy (non-hydrogen) atoms. The van der Waals surface area contributed by atoms with E-state index in [2.05, 4.69) is 0 Å². The Bertz CT molecular complexity index is 929. The number of carbonyl (C=O) groups excluding carboxylic acids is 3. The average molecular weight is 467 g/mol. The Balaban J connectivity index is 1.85. The van der Waals surface area contributed by atoms with Crippen LogP contribution in [0.4, 0.5) is 4.39 Å². The van der Waals surface area contributed by atoms with Crippen LogP contribution >= 0.6 is 11.6 Å². The van der Waals surface area contributed by atoms with E-state index in [4.69, 9.17) is 16.3 Å². The normalized spacial score (nSPS) is 47.2. The first-order chi connectivity index (χ1) is 14.9. The third-order valence-corrected chi connectivity index (χ3v) is 9.52. The van der Waals surface area contributed by atoms with Crippen LogP contribution in [0.2, 0.25) is 0 Å². The van der Waals surface area contributed by atoms with Crippen molar-refractivity contribution in [3.05, 3.63) is 23.8 Å². The first-order valence-corrected chi connectivity index (χ1v) is 12.1. The Morgan fingerprint density at radius 3 is 2.62 bits per heavy atom. The number of aliphatic hydroxyl groups excluding tert-OH is 1. The molecule has 0 bridgehead atoms. The maximum absolute atomic E-state index is 17.2. The predicted molar refractivity (Wildman–Crippen MR) is 118 cm³/mol. The van der Waals surface area contributed by atoms with Crippen LogP contribution in [0.5, 0.6) is 0 Å². The number of esters is 1. The molecule has 8 atom stereocenters. The second-order valence-corrected chi connectivity index (χ2v) is 10.8. The highest BCUT2D eigenvalue weighted by Gasteiger charge is 2.77. The lowest BCUT2D eigenvalue weighted by Crippen LogP contribution is -2.70. The summed E-state index contributed by atoms with van der Waals surface area (Å²) in [6, 6.07) is 0. The lowest BCUT2D eigenvalue weighted by atomic mass is 9.44. The largest absolute Gasteiger partial charge is 0.450 e. The molecule has 0 aliphatic heterocycles. The van der Waals surface area contributed by atoms with Gasteiger partial charge in [-0.3, -0.25) is 14.4 Å². The van der Waals surface area contributed by atoms with Gasteiger partial charge in [0.1, 0.15) is 0 Å². The van der Waals surface area contributed by atoms with Gasteiger partial charge in [0.15, 0.2) is 22.8 Å². The number of hydrogen-bond donors (Lipinski definition) is 1. The summed E-state index contributed by atoms with van der Waals surface area (Å²) in [6.07, 6.45) is 4.67. The first-order valence-electron chi connectivity index (χ1n) is 11.5. The first kappa shape index (κ1) is 23.6. The number of aliphatic hydroxyl groups is 1. The van der Waals surface area contributed by atoms with Crippen molar-refractivity contribution >= 4 is 29.1 Å². The fraction of sp³-hybridized carbons (Fsp3) is 0.720. The highest BCUT2D eigenvalue weighted by molar-refractivity contribution is 6.29. The van der Waals surface area contributed by atoms with Gasteiger partial charge in [-0.25, -0.2) is 4.39 Å². The Kier molecular flexibility index (Phi) is 5.53. The number of ether oxygens (including phenoxy) is 1. The summed E-state index contributed by atoms with van der Waals surface area (Å²) in [5, 5.41) is 11.4. The lowest BCUT2D eigenvalue weighted by molar-refractivity contribution is -0.227. The second-order valence-electron chi connectivity index (χ2n) is 10.5. The number of alkyl halides is 2. The van der Waals surface area contributed by atoms with E-state index in [1.165, 1.54) is 12.2 Å². The number of Topliss-reactive ketones (excluding diaryl/α,β-unsaturated/α-hetero) is 1. The van der Waals surface area contributed by atoms with Crippen LogP contribution in [0, 0.1) is 28.6 Å². The molecule has 0 heterocycles. The van der Waals surface area contributed by atoms with Crippen molar-refractivity contribution in [3.63, 3.8) is 0 Å². The van der Waals surface area contributed by atoms with Crippen LogP contribution in [-0.4, -0.2) is 45.9 Å². The SMILES string of the molecule is CCC(=O)O[C@]1(C(=O)CCl)C(C)C[C@H]2[C@@H]3CCC4=CC(=O)C=C[C@]4(C)[C@@]3(F)C(O)C[C@@]21C. The molecule has 1 N–H and O–H groups in total. The molecule has 4 aliphatic carbocycles.